The van der Waals surface area contributed by atoms with Crippen molar-refractivity contribution in [2.24, 2.45) is 5.92 Å². The molecule has 2 heterocycles. The number of carbonyl (C=O) groups excluding carboxylic acids is 1. The second-order valence-corrected chi connectivity index (χ2v) is 12.2. The summed E-state index contributed by atoms with van der Waals surface area (Å²) < 4.78 is 13.3. The summed E-state index contributed by atoms with van der Waals surface area (Å²) in [5.41, 5.74) is 6.53. The minimum Gasteiger partial charge on any atom is -0.392 e. The lowest BCUT2D eigenvalue weighted by Crippen LogP contribution is -2.38. The number of ether oxygens (including phenoxy) is 2. The van der Waals surface area contributed by atoms with Crippen molar-refractivity contribution in [3.63, 3.8) is 0 Å². The first-order valence-corrected chi connectivity index (χ1v) is 16.1. The molecule has 4 atom stereocenters. The molecular weight excluding hydrogens is 580 g/mol. The molecule has 5 aromatic rings. The van der Waals surface area contributed by atoms with E-state index < -0.39 is 6.29 Å². The third-order valence-corrected chi connectivity index (χ3v) is 9.26. The lowest BCUT2D eigenvalue weighted by atomic mass is 9.91. The highest BCUT2D eigenvalue weighted by Gasteiger charge is 2.38. The SMILES string of the molecule is C[C@@H]1[C@H](CSc2ccccc2)O[C@H](c2ccc(-c3ccccc3CNC(=O)c3cccnc3)cc2)O[C@@H]1c1ccc(CO)cc1. The van der Waals surface area contributed by atoms with Gasteiger partial charge in [0.25, 0.3) is 5.91 Å². The van der Waals surface area contributed by atoms with E-state index in [1.807, 2.05) is 48.5 Å². The van der Waals surface area contributed by atoms with E-state index in [0.29, 0.717) is 12.1 Å². The van der Waals surface area contributed by atoms with Gasteiger partial charge in [-0.25, -0.2) is 0 Å². The van der Waals surface area contributed by atoms with Gasteiger partial charge in [-0.1, -0.05) is 97.9 Å². The van der Waals surface area contributed by atoms with E-state index in [1.165, 1.54) is 4.90 Å². The fourth-order valence-electron chi connectivity index (χ4n) is 5.56. The van der Waals surface area contributed by atoms with Crippen molar-refractivity contribution in [2.45, 2.75) is 43.5 Å². The third kappa shape index (κ3) is 7.52. The van der Waals surface area contributed by atoms with Gasteiger partial charge in [-0.05, 0) is 52.1 Å². The Morgan fingerprint density at radius 1 is 0.844 bits per heavy atom. The average molecular weight is 617 g/mol. The molecule has 0 saturated carbocycles. The van der Waals surface area contributed by atoms with Crippen LogP contribution >= 0.6 is 11.8 Å². The van der Waals surface area contributed by atoms with Crippen molar-refractivity contribution >= 4 is 17.7 Å². The van der Waals surface area contributed by atoms with Crippen molar-refractivity contribution < 1.29 is 19.4 Å². The maximum atomic E-state index is 12.6. The molecule has 0 unspecified atom stereocenters. The third-order valence-electron chi connectivity index (χ3n) is 8.16. The molecule has 1 aliphatic rings. The zero-order valence-corrected chi connectivity index (χ0v) is 25.9. The highest BCUT2D eigenvalue weighted by Crippen LogP contribution is 2.43. The number of nitrogens with one attached hydrogen (secondary N) is 1. The van der Waals surface area contributed by atoms with Gasteiger partial charge in [0.2, 0.25) is 0 Å². The van der Waals surface area contributed by atoms with E-state index in [2.05, 4.69) is 71.8 Å². The minimum atomic E-state index is -0.534. The van der Waals surface area contributed by atoms with E-state index in [0.717, 1.165) is 39.1 Å². The molecule has 1 fully saturated rings. The van der Waals surface area contributed by atoms with E-state index in [4.69, 9.17) is 9.47 Å². The van der Waals surface area contributed by atoms with Crippen LogP contribution in [0.4, 0.5) is 0 Å². The summed E-state index contributed by atoms with van der Waals surface area (Å²) in [4.78, 5) is 17.9. The van der Waals surface area contributed by atoms with Gasteiger partial charge in [-0.15, -0.1) is 11.8 Å². The highest BCUT2D eigenvalue weighted by molar-refractivity contribution is 7.99. The lowest BCUT2D eigenvalue weighted by molar-refractivity contribution is -0.268. The van der Waals surface area contributed by atoms with Gasteiger partial charge in [-0.2, -0.15) is 0 Å². The molecule has 0 spiro atoms. The van der Waals surface area contributed by atoms with Crippen LogP contribution in [0.2, 0.25) is 0 Å². The second kappa shape index (κ2) is 14.7. The van der Waals surface area contributed by atoms with Crippen LogP contribution in [0.25, 0.3) is 11.1 Å². The van der Waals surface area contributed by atoms with E-state index in [9.17, 15) is 9.90 Å². The number of aromatic nitrogens is 1. The minimum absolute atomic E-state index is 0.00971. The molecule has 7 heteroatoms. The molecule has 1 saturated heterocycles. The molecule has 45 heavy (non-hydrogen) atoms. The number of thioether (sulfide) groups is 1. The van der Waals surface area contributed by atoms with Gasteiger partial charge in [0.15, 0.2) is 6.29 Å². The maximum absolute atomic E-state index is 12.6. The number of aliphatic hydroxyl groups excluding tert-OH is 1. The molecule has 6 nitrogen and oxygen atoms in total. The predicted molar refractivity (Wildman–Crippen MR) is 177 cm³/mol. The maximum Gasteiger partial charge on any atom is 0.253 e. The number of rotatable bonds is 10. The van der Waals surface area contributed by atoms with E-state index in [1.54, 1.807) is 36.3 Å². The van der Waals surface area contributed by atoms with Crippen LogP contribution in [-0.4, -0.2) is 27.9 Å². The van der Waals surface area contributed by atoms with Crippen molar-refractivity contribution in [2.75, 3.05) is 5.75 Å². The summed E-state index contributed by atoms with van der Waals surface area (Å²) >= 11 is 1.79. The number of hydrogen-bond acceptors (Lipinski definition) is 6. The molecule has 4 aromatic carbocycles. The first-order valence-electron chi connectivity index (χ1n) is 15.1. The summed E-state index contributed by atoms with van der Waals surface area (Å²) in [6.07, 6.45) is 2.48. The number of carbonyl (C=O) groups is 1. The predicted octanol–water partition coefficient (Wildman–Crippen LogP) is 7.75. The van der Waals surface area contributed by atoms with Gasteiger partial charge in [0.1, 0.15) is 0 Å². The topological polar surface area (TPSA) is 80.7 Å². The zero-order valence-electron chi connectivity index (χ0n) is 25.1. The monoisotopic (exact) mass is 616 g/mol. The number of pyridine rings is 1. The summed E-state index contributed by atoms with van der Waals surface area (Å²) in [7, 11) is 0. The zero-order chi connectivity index (χ0) is 31.0. The molecule has 6 rings (SSSR count). The first kappa shape index (κ1) is 30.7. The van der Waals surface area contributed by atoms with Crippen LogP contribution in [-0.2, 0) is 22.6 Å². The van der Waals surface area contributed by atoms with Crippen LogP contribution in [0.5, 0.6) is 0 Å². The smallest absolute Gasteiger partial charge is 0.253 e. The van der Waals surface area contributed by atoms with Gasteiger partial charge in [0, 0.05) is 41.1 Å². The largest absolute Gasteiger partial charge is 0.392 e. The number of nitrogens with zero attached hydrogens (tertiary/aromatic N) is 1. The van der Waals surface area contributed by atoms with Crippen molar-refractivity contribution in [1.29, 1.82) is 0 Å². The molecule has 1 amide bonds. The number of benzene rings is 4. The summed E-state index contributed by atoms with van der Waals surface area (Å²) in [5, 5.41) is 12.6. The Balaban J connectivity index is 1.21. The molecule has 228 valence electrons. The van der Waals surface area contributed by atoms with Gasteiger partial charge < -0.3 is 19.9 Å². The van der Waals surface area contributed by atoms with Gasteiger partial charge in [0.05, 0.1) is 24.4 Å². The second-order valence-electron chi connectivity index (χ2n) is 11.1. The molecule has 0 aliphatic carbocycles. The lowest BCUT2D eigenvalue weighted by Gasteiger charge is -2.41. The van der Waals surface area contributed by atoms with E-state index in [-0.39, 0.29) is 30.6 Å². The Bertz CT molecular complexity index is 1680. The van der Waals surface area contributed by atoms with Crippen LogP contribution in [0.15, 0.2) is 133 Å². The van der Waals surface area contributed by atoms with Gasteiger partial charge >= 0.3 is 0 Å². The molecular formula is C38H36N2O4S. The van der Waals surface area contributed by atoms with Crippen LogP contribution < -0.4 is 5.32 Å². The Morgan fingerprint density at radius 3 is 2.31 bits per heavy atom. The number of amides is 1. The van der Waals surface area contributed by atoms with Crippen LogP contribution in [0.1, 0.15) is 51.9 Å². The molecule has 2 N–H and O–H groups in total. The first-order chi connectivity index (χ1) is 22.1. The Labute approximate surface area is 268 Å². The summed E-state index contributed by atoms with van der Waals surface area (Å²) in [5.74, 6) is 0.757. The van der Waals surface area contributed by atoms with Crippen molar-refractivity contribution in [1.82, 2.24) is 10.3 Å². The summed E-state index contributed by atoms with van der Waals surface area (Å²) in [6.45, 7) is 2.59. The molecule has 1 aromatic heterocycles. The Hall–Kier alpha value is -4.27. The van der Waals surface area contributed by atoms with Crippen molar-refractivity contribution in [3.05, 3.63) is 155 Å². The fraction of sp³-hybridized carbons (Fsp3) is 0.211. The van der Waals surface area contributed by atoms with Crippen LogP contribution in [0, 0.1) is 5.92 Å². The Kier molecular flexibility index (Phi) is 10.0. The van der Waals surface area contributed by atoms with E-state index >= 15 is 0 Å². The molecule has 0 radical (unpaired) electrons. The normalized spacial score (nSPS) is 19.6. The standard InChI is InChI=1S/C38H36N2O4S/c1-26-35(25-45-33-10-3-2-4-11-33)43-38(44-36(26)29-15-13-27(24-41)14-16-29)30-19-17-28(18-20-30)34-12-6-5-8-31(34)23-40-37(42)32-9-7-21-39-22-32/h2-22,26,35-36,38,41H,23-25H2,1H3,(H,40,42)/t26-,35+,36+,38+/m1/s1. The quantitative estimate of drug-likeness (QED) is 0.156. The molecule has 1 aliphatic heterocycles. The highest BCUT2D eigenvalue weighted by atomic mass is 32.2. The number of hydrogen-bond donors (Lipinski definition) is 2. The average Bonchev–Trinajstić information content (AvgIpc) is 3.11. The summed E-state index contributed by atoms with van der Waals surface area (Å²) in [6, 6.07) is 38.3. The molecule has 0 bridgehead atoms. The number of aliphatic hydroxyl groups is 1. The fourth-order valence-corrected chi connectivity index (χ4v) is 6.64. The Morgan fingerprint density at radius 2 is 1.58 bits per heavy atom. The van der Waals surface area contributed by atoms with Gasteiger partial charge in [-0.3, -0.25) is 9.78 Å². The van der Waals surface area contributed by atoms with Crippen molar-refractivity contribution in [3.8, 4) is 11.1 Å². The van der Waals surface area contributed by atoms with Crippen LogP contribution in [0.3, 0.4) is 0 Å².